The first-order chi connectivity index (χ1) is 15.3. The van der Waals surface area contributed by atoms with Crippen molar-refractivity contribution in [2.75, 3.05) is 13.2 Å². The Balaban J connectivity index is 3.46. The topological polar surface area (TPSA) is 35.5 Å². The Morgan fingerprint density at radius 2 is 1.24 bits per heavy atom. The number of benzene rings is 1. The molecular weight excluding hydrogens is 443 g/mol. The van der Waals surface area contributed by atoms with E-state index in [4.69, 9.17) is 9.05 Å². The summed E-state index contributed by atoms with van der Waals surface area (Å²) in [7, 11) is -5.36. The van der Waals surface area contributed by atoms with Crippen LogP contribution in [0.4, 0.5) is 0 Å². The molecule has 0 heterocycles. The molecule has 0 radical (unpaired) electrons. The minimum Gasteiger partial charge on any atom is -0.307 e. The summed E-state index contributed by atoms with van der Waals surface area (Å²) in [6, 6.07) is 10.4. The van der Waals surface area contributed by atoms with Crippen molar-refractivity contribution in [2.24, 2.45) is 11.8 Å². The molecule has 188 valence electrons. The smallest absolute Gasteiger partial charge is 0.307 e. The predicted octanol–water partition coefficient (Wildman–Crippen LogP) is 8.75. The highest BCUT2D eigenvalue weighted by Gasteiger charge is 2.43. The van der Waals surface area contributed by atoms with E-state index in [2.05, 4.69) is 92.8 Å². The van der Waals surface area contributed by atoms with Crippen molar-refractivity contribution >= 4 is 15.7 Å². The van der Waals surface area contributed by atoms with E-state index >= 15 is 0 Å². The summed E-state index contributed by atoms with van der Waals surface area (Å²) in [5.41, 5.74) is 6.17. The van der Waals surface area contributed by atoms with Crippen molar-refractivity contribution < 1.29 is 13.6 Å². The van der Waals surface area contributed by atoms with Crippen LogP contribution >= 0.6 is 7.60 Å². The van der Waals surface area contributed by atoms with E-state index in [9.17, 15) is 4.57 Å². The van der Waals surface area contributed by atoms with E-state index in [1.165, 1.54) is 5.56 Å². The van der Waals surface area contributed by atoms with Crippen molar-refractivity contribution in [3.05, 3.63) is 35.9 Å². The molecule has 0 saturated heterocycles. The summed E-state index contributed by atoms with van der Waals surface area (Å²) < 4.78 is 26.4. The van der Waals surface area contributed by atoms with Gasteiger partial charge in [0.05, 0.1) is 13.2 Å². The van der Waals surface area contributed by atoms with Gasteiger partial charge in [0, 0.05) is 0 Å². The molecule has 33 heavy (non-hydrogen) atoms. The molecule has 1 aromatic rings. The molecule has 0 aliphatic carbocycles. The van der Waals surface area contributed by atoms with Gasteiger partial charge in [-0.3, -0.25) is 4.57 Å². The highest BCUT2D eigenvalue weighted by molar-refractivity contribution is 7.55. The third-order valence-corrected chi connectivity index (χ3v) is 14.9. The molecule has 1 atom stereocenters. The molecule has 0 aliphatic rings. The third-order valence-electron chi connectivity index (χ3n) is 6.43. The van der Waals surface area contributed by atoms with Crippen LogP contribution in [0.2, 0.25) is 16.6 Å². The molecule has 1 rings (SSSR count). The van der Waals surface area contributed by atoms with Gasteiger partial charge in [0.25, 0.3) is 0 Å². The molecule has 0 saturated carbocycles. The molecule has 5 heteroatoms. The first-order valence-electron chi connectivity index (χ1n) is 12.8. The van der Waals surface area contributed by atoms with E-state index in [1.807, 2.05) is 18.2 Å². The van der Waals surface area contributed by atoms with Gasteiger partial charge in [0.15, 0.2) is 0 Å². The van der Waals surface area contributed by atoms with Crippen LogP contribution in [0.1, 0.15) is 81.2 Å². The van der Waals surface area contributed by atoms with Gasteiger partial charge in [-0.15, -0.1) is 5.54 Å². The number of aryl methyl sites for hydroxylation is 1. The second kappa shape index (κ2) is 13.9. The molecule has 0 aromatic heterocycles. The Kier molecular flexibility index (Phi) is 12.7. The SMILES string of the molecule is CC(C)COP(=O)(OCC(C)C)[C@@H](C#C[Si](C(C)C)(C(C)C)C(C)C)CCc1ccccc1. The number of hydrogen-bond donors (Lipinski definition) is 0. The molecule has 3 nitrogen and oxygen atoms in total. The monoisotopic (exact) mass is 492 g/mol. The van der Waals surface area contributed by atoms with Gasteiger partial charge in [-0.2, -0.15) is 0 Å². The molecule has 0 bridgehead atoms. The number of rotatable bonds is 13. The summed E-state index contributed by atoms with van der Waals surface area (Å²) in [5, 5.41) is 0. The Morgan fingerprint density at radius 1 is 0.788 bits per heavy atom. The summed E-state index contributed by atoms with van der Waals surface area (Å²) in [5.74, 6) is 4.12. The first-order valence-corrected chi connectivity index (χ1v) is 16.6. The fourth-order valence-corrected chi connectivity index (χ4v) is 12.1. The average molecular weight is 493 g/mol. The van der Waals surface area contributed by atoms with E-state index in [1.54, 1.807) is 0 Å². The van der Waals surface area contributed by atoms with Gasteiger partial charge in [-0.1, -0.05) is 105 Å². The quantitative estimate of drug-likeness (QED) is 0.157. The largest absolute Gasteiger partial charge is 0.345 e. The number of hydrogen-bond acceptors (Lipinski definition) is 3. The molecule has 0 amide bonds. The molecular formula is C28H49O3PSi. The van der Waals surface area contributed by atoms with Crippen LogP contribution in [0.5, 0.6) is 0 Å². The first kappa shape index (κ1) is 30.2. The summed E-state index contributed by atoms with van der Waals surface area (Å²) in [4.78, 5) is 0. The Bertz CT molecular complexity index is 753. The zero-order valence-corrected chi connectivity index (χ0v) is 24.7. The second-order valence-corrected chi connectivity index (χ2v) is 18.9. The van der Waals surface area contributed by atoms with Crippen molar-refractivity contribution in [3.63, 3.8) is 0 Å². The molecule has 0 N–H and O–H groups in total. The lowest BCUT2D eigenvalue weighted by Crippen LogP contribution is -2.43. The van der Waals surface area contributed by atoms with E-state index in [-0.39, 0.29) is 11.8 Å². The van der Waals surface area contributed by atoms with Gasteiger partial charge in [-0.25, -0.2) is 0 Å². The Hall–Kier alpha value is -0.853. The van der Waals surface area contributed by atoms with Crippen molar-refractivity contribution in [1.29, 1.82) is 0 Å². The van der Waals surface area contributed by atoms with Crippen LogP contribution in [0.3, 0.4) is 0 Å². The van der Waals surface area contributed by atoms with Crippen LogP contribution in [-0.2, 0) is 20.0 Å². The van der Waals surface area contributed by atoms with Crippen LogP contribution in [0, 0.1) is 23.3 Å². The van der Waals surface area contributed by atoms with Crippen molar-refractivity contribution in [3.8, 4) is 11.5 Å². The molecule has 0 fully saturated rings. The molecule has 0 aliphatic heterocycles. The fourth-order valence-electron chi connectivity index (χ4n) is 4.62. The van der Waals surface area contributed by atoms with Gasteiger partial charge in [0.1, 0.15) is 13.7 Å². The minimum atomic E-state index is -3.40. The van der Waals surface area contributed by atoms with Crippen LogP contribution in [-0.4, -0.2) is 26.9 Å². The highest BCUT2D eigenvalue weighted by Crippen LogP contribution is 2.55. The summed E-state index contributed by atoms with van der Waals surface area (Å²) >= 11 is 0. The summed E-state index contributed by atoms with van der Waals surface area (Å²) in [6.45, 7) is 23.0. The van der Waals surface area contributed by atoms with Crippen LogP contribution < -0.4 is 0 Å². The normalized spacial score (nSPS) is 13.8. The van der Waals surface area contributed by atoms with E-state index < -0.39 is 21.3 Å². The molecule has 0 unspecified atom stereocenters. The zero-order chi connectivity index (χ0) is 25.2. The Labute approximate surface area is 206 Å². The van der Waals surface area contributed by atoms with Gasteiger partial charge < -0.3 is 9.05 Å². The lowest BCUT2D eigenvalue weighted by molar-refractivity contribution is 0.169. The highest BCUT2D eigenvalue weighted by atomic mass is 31.2. The van der Waals surface area contributed by atoms with Crippen LogP contribution in [0.25, 0.3) is 0 Å². The van der Waals surface area contributed by atoms with Gasteiger partial charge in [-0.05, 0) is 46.9 Å². The zero-order valence-electron chi connectivity index (χ0n) is 22.9. The van der Waals surface area contributed by atoms with E-state index in [0.717, 1.165) is 6.42 Å². The van der Waals surface area contributed by atoms with Crippen molar-refractivity contribution in [2.45, 2.75) is 104 Å². The lowest BCUT2D eigenvalue weighted by Gasteiger charge is -2.38. The maximum absolute atomic E-state index is 14.2. The minimum absolute atomic E-state index is 0.277. The standard InChI is InChI=1S/C28H49O3PSi/c1-22(2)20-30-32(29,31-21-23(3)4)28(17-16-27-14-12-11-13-15-27)18-19-33(24(5)6,25(7)8)26(9)10/h11-15,22-26,28H,16-17,20-21H2,1-10H3/t28-/m1/s1. The maximum atomic E-state index is 14.2. The third kappa shape index (κ3) is 9.03. The van der Waals surface area contributed by atoms with Crippen molar-refractivity contribution in [1.82, 2.24) is 0 Å². The Morgan fingerprint density at radius 3 is 1.64 bits per heavy atom. The average Bonchev–Trinajstić information content (AvgIpc) is 2.73. The maximum Gasteiger partial charge on any atom is 0.345 e. The molecule has 0 spiro atoms. The van der Waals surface area contributed by atoms with Crippen LogP contribution in [0.15, 0.2) is 30.3 Å². The second-order valence-electron chi connectivity index (χ2n) is 11.1. The fraction of sp³-hybridized carbons (Fsp3) is 0.714. The van der Waals surface area contributed by atoms with Gasteiger partial charge in [0.2, 0.25) is 0 Å². The van der Waals surface area contributed by atoms with E-state index in [0.29, 0.717) is 36.3 Å². The van der Waals surface area contributed by atoms with Gasteiger partial charge >= 0.3 is 7.60 Å². The summed E-state index contributed by atoms with van der Waals surface area (Å²) in [6.07, 6.45) is 1.48. The lowest BCUT2D eigenvalue weighted by atomic mass is 10.1. The predicted molar refractivity (Wildman–Crippen MR) is 147 cm³/mol. The molecule has 1 aromatic carbocycles.